The van der Waals surface area contributed by atoms with Gasteiger partial charge < -0.3 is 15.5 Å². The summed E-state index contributed by atoms with van der Waals surface area (Å²) < 4.78 is 0. The number of nitrogens with zero attached hydrogens (tertiary/aromatic N) is 2. The number of nitrogens with one attached hydrogen (secondary N) is 2. The van der Waals surface area contributed by atoms with E-state index in [-0.39, 0.29) is 18.4 Å². The Hall–Kier alpha value is -2.57. The Labute approximate surface area is 166 Å². The van der Waals surface area contributed by atoms with Gasteiger partial charge in [-0.2, -0.15) is 0 Å². The number of urea groups is 1. The molecule has 28 heavy (non-hydrogen) atoms. The lowest BCUT2D eigenvalue weighted by Gasteiger charge is -2.24. The van der Waals surface area contributed by atoms with Gasteiger partial charge in [-0.3, -0.25) is 14.5 Å². The molecule has 152 valence electrons. The summed E-state index contributed by atoms with van der Waals surface area (Å²) in [5, 5.41) is 5.69. The number of anilines is 1. The predicted octanol–water partition coefficient (Wildman–Crippen LogP) is 2.27. The smallest absolute Gasteiger partial charge is 0.325 e. The molecule has 0 atom stereocenters. The van der Waals surface area contributed by atoms with E-state index in [4.69, 9.17) is 0 Å². The highest BCUT2D eigenvalue weighted by Gasteiger charge is 2.50. The van der Waals surface area contributed by atoms with Crippen molar-refractivity contribution in [1.29, 1.82) is 0 Å². The summed E-state index contributed by atoms with van der Waals surface area (Å²) in [6.07, 6.45) is 6.15. The van der Waals surface area contributed by atoms with Gasteiger partial charge in [-0.15, -0.1) is 0 Å². The molecule has 1 saturated heterocycles. The van der Waals surface area contributed by atoms with Gasteiger partial charge in [0.05, 0.1) is 0 Å². The molecule has 0 radical (unpaired) electrons. The van der Waals surface area contributed by atoms with Gasteiger partial charge in [0, 0.05) is 25.8 Å². The highest BCUT2D eigenvalue weighted by molar-refractivity contribution is 6.09. The minimum atomic E-state index is -0.785. The normalized spacial score (nSPS) is 18.7. The number of para-hydroxylation sites is 1. The van der Waals surface area contributed by atoms with Gasteiger partial charge in [0.1, 0.15) is 12.1 Å². The van der Waals surface area contributed by atoms with Crippen LogP contribution in [0.3, 0.4) is 0 Å². The lowest BCUT2D eigenvalue weighted by molar-refractivity contribution is -0.135. The zero-order valence-corrected chi connectivity index (χ0v) is 16.6. The predicted molar refractivity (Wildman–Crippen MR) is 108 cm³/mol. The second-order valence-corrected chi connectivity index (χ2v) is 7.78. The number of hydrogen-bond acceptors (Lipinski definition) is 4. The van der Waals surface area contributed by atoms with E-state index < -0.39 is 11.6 Å². The largest absolute Gasteiger partial charge is 0.375 e. The van der Waals surface area contributed by atoms with Crippen LogP contribution >= 0.6 is 0 Å². The Balaban J connectivity index is 1.43. The third-order valence-corrected chi connectivity index (χ3v) is 5.69. The molecule has 1 aromatic rings. The first kappa shape index (κ1) is 20.2. The number of benzene rings is 1. The molecular formula is C21H30N4O3. The highest BCUT2D eigenvalue weighted by atomic mass is 16.2. The van der Waals surface area contributed by atoms with Crippen molar-refractivity contribution in [3.63, 3.8) is 0 Å². The zero-order valence-electron chi connectivity index (χ0n) is 16.6. The molecule has 2 N–H and O–H groups in total. The van der Waals surface area contributed by atoms with E-state index in [2.05, 4.69) is 15.5 Å². The summed E-state index contributed by atoms with van der Waals surface area (Å²) in [7, 11) is 2.01. The number of carbonyl (C=O) groups excluding carboxylic acids is 3. The Morgan fingerprint density at radius 2 is 1.82 bits per heavy atom. The van der Waals surface area contributed by atoms with Gasteiger partial charge in [-0.05, 0) is 31.4 Å². The van der Waals surface area contributed by atoms with Crippen molar-refractivity contribution in [3.8, 4) is 0 Å². The van der Waals surface area contributed by atoms with Crippen molar-refractivity contribution in [1.82, 2.24) is 15.5 Å². The van der Waals surface area contributed by atoms with E-state index >= 15 is 0 Å². The fourth-order valence-corrected chi connectivity index (χ4v) is 4.05. The first-order chi connectivity index (χ1) is 13.5. The summed E-state index contributed by atoms with van der Waals surface area (Å²) in [5.74, 6) is -0.533. The SMILES string of the molecule is CN(CCCNC(=O)CN1C(=O)NC2(CCCCCC2)C1=O)c1ccccc1. The van der Waals surface area contributed by atoms with Crippen molar-refractivity contribution < 1.29 is 14.4 Å². The summed E-state index contributed by atoms with van der Waals surface area (Å²) >= 11 is 0. The van der Waals surface area contributed by atoms with Crippen LogP contribution in [0.1, 0.15) is 44.9 Å². The van der Waals surface area contributed by atoms with Crippen LogP contribution in [0.15, 0.2) is 30.3 Å². The molecule has 0 unspecified atom stereocenters. The number of hydrogen-bond donors (Lipinski definition) is 2. The standard InChI is InChI=1S/C21H30N4O3/c1-24(17-10-5-4-6-11-17)15-9-14-22-18(26)16-25-19(27)21(23-20(25)28)12-7-2-3-8-13-21/h4-6,10-11H,2-3,7-9,12-16H2,1H3,(H,22,26)(H,23,28). The molecule has 1 spiro atoms. The van der Waals surface area contributed by atoms with Crippen LogP contribution in [0, 0.1) is 0 Å². The third kappa shape index (κ3) is 4.64. The molecular weight excluding hydrogens is 356 g/mol. The average molecular weight is 386 g/mol. The number of rotatable bonds is 7. The van der Waals surface area contributed by atoms with Crippen LogP contribution in [0.5, 0.6) is 0 Å². The lowest BCUT2D eigenvalue weighted by Crippen LogP contribution is -2.47. The van der Waals surface area contributed by atoms with Crippen molar-refractivity contribution in [2.24, 2.45) is 0 Å². The minimum Gasteiger partial charge on any atom is -0.375 e. The summed E-state index contributed by atoms with van der Waals surface area (Å²) in [4.78, 5) is 40.6. The molecule has 2 fully saturated rings. The van der Waals surface area contributed by atoms with E-state index in [0.29, 0.717) is 19.4 Å². The minimum absolute atomic E-state index is 0.207. The van der Waals surface area contributed by atoms with Crippen molar-refractivity contribution in [2.45, 2.75) is 50.5 Å². The Morgan fingerprint density at radius 1 is 1.14 bits per heavy atom. The van der Waals surface area contributed by atoms with Crippen LogP contribution in [0.25, 0.3) is 0 Å². The molecule has 7 nitrogen and oxygen atoms in total. The second-order valence-electron chi connectivity index (χ2n) is 7.78. The van der Waals surface area contributed by atoms with E-state index in [1.807, 2.05) is 37.4 Å². The maximum absolute atomic E-state index is 12.8. The first-order valence-corrected chi connectivity index (χ1v) is 10.2. The molecule has 1 aliphatic heterocycles. The average Bonchev–Trinajstić information content (AvgIpc) is 2.86. The quantitative estimate of drug-likeness (QED) is 0.556. The number of carbonyl (C=O) groups is 3. The van der Waals surface area contributed by atoms with Gasteiger partial charge in [0.2, 0.25) is 5.91 Å². The fraction of sp³-hybridized carbons (Fsp3) is 0.571. The molecule has 2 aliphatic rings. The molecule has 0 bridgehead atoms. The van der Waals surface area contributed by atoms with Crippen LogP contribution in [-0.2, 0) is 9.59 Å². The molecule has 4 amide bonds. The molecule has 1 heterocycles. The van der Waals surface area contributed by atoms with Gasteiger partial charge in [-0.25, -0.2) is 4.79 Å². The van der Waals surface area contributed by atoms with Gasteiger partial charge in [0.25, 0.3) is 5.91 Å². The third-order valence-electron chi connectivity index (χ3n) is 5.69. The van der Waals surface area contributed by atoms with Gasteiger partial charge >= 0.3 is 6.03 Å². The molecule has 1 aliphatic carbocycles. The highest BCUT2D eigenvalue weighted by Crippen LogP contribution is 2.32. The van der Waals surface area contributed by atoms with E-state index in [1.165, 1.54) is 0 Å². The fourth-order valence-electron chi connectivity index (χ4n) is 4.05. The summed E-state index contributed by atoms with van der Waals surface area (Å²) in [5.41, 5.74) is 0.341. The number of imide groups is 1. The molecule has 0 aromatic heterocycles. The molecule has 1 saturated carbocycles. The Kier molecular flexibility index (Phi) is 6.54. The molecule has 7 heteroatoms. The zero-order chi connectivity index (χ0) is 20.0. The van der Waals surface area contributed by atoms with E-state index in [1.54, 1.807) is 0 Å². The lowest BCUT2D eigenvalue weighted by atomic mass is 9.90. The van der Waals surface area contributed by atoms with Crippen molar-refractivity contribution in [2.75, 3.05) is 31.6 Å². The van der Waals surface area contributed by atoms with Crippen LogP contribution < -0.4 is 15.5 Å². The molecule has 1 aromatic carbocycles. The Bertz CT molecular complexity index is 699. The maximum atomic E-state index is 12.8. The number of amides is 4. The van der Waals surface area contributed by atoms with Gasteiger partial charge in [0.15, 0.2) is 0 Å². The van der Waals surface area contributed by atoms with Gasteiger partial charge in [-0.1, -0.05) is 43.9 Å². The molecule has 3 rings (SSSR count). The van der Waals surface area contributed by atoms with E-state index in [9.17, 15) is 14.4 Å². The second kappa shape index (κ2) is 9.08. The summed E-state index contributed by atoms with van der Waals surface area (Å²) in [6.45, 7) is 1.10. The van der Waals surface area contributed by atoms with E-state index in [0.717, 1.165) is 49.2 Å². The van der Waals surface area contributed by atoms with Crippen LogP contribution in [-0.4, -0.2) is 55.0 Å². The maximum Gasteiger partial charge on any atom is 0.325 e. The topological polar surface area (TPSA) is 81.8 Å². The van der Waals surface area contributed by atoms with Crippen molar-refractivity contribution in [3.05, 3.63) is 30.3 Å². The Morgan fingerprint density at radius 3 is 2.50 bits per heavy atom. The summed E-state index contributed by atoms with van der Waals surface area (Å²) in [6, 6.07) is 9.61. The monoisotopic (exact) mass is 386 g/mol. The van der Waals surface area contributed by atoms with Crippen molar-refractivity contribution >= 4 is 23.5 Å². The van der Waals surface area contributed by atoms with Crippen LogP contribution in [0.2, 0.25) is 0 Å². The van der Waals surface area contributed by atoms with Crippen LogP contribution in [0.4, 0.5) is 10.5 Å². The first-order valence-electron chi connectivity index (χ1n) is 10.2.